The van der Waals surface area contributed by atoms with Gasteiger partial charge >= 0.3 is 0 Å². The van der Waals surface area contributed by atoms with Gasteiger partial charge in [-0.2, -0.15) is 0 Å². The van der Waals surface area contributed by atoms with Crippen molar-refractivity contribution in [1.82, 2.24) is 10.1 Å². The molecule has 0 unspecified atom stereocenters. The zero-order chi connectivity index (χ0) is 21.1. The summed E-state index contributed by atoms with van der Waals surface area (Å²) in [5, 5.41) is 14.8. The fourth-order valence-corrected chi connectivity index (χ4v) is 3.67. The summed E-state index contributed by atoms with van der Waals surface area (Å²) in [6.45, 7) is 0.710. The molecule has 8 heteroatoms. The van der Waals surface area contributed by atoms with Crippen molar-refractivity contribution in [2.45, 2.75) is 25.0 Å². The molecule has 3 aromatic rings. The van der Waals surface area contributed by atoms with E-state index in [1.807, 2.05) is 6.07 Å². The lowest BCUT2D eigenvalue weighted by Crippen LogP contribution is -2.32. The van der Waals surface area contributed by atoms with Gasteiger partial charge in [0, 0.05) is 37.2 Å². The van der Waals surface area contributed by atoms with Crippen LogP contribution in [0.3, 0.4) is 0 Å². The zero-order valence-corrected chi connectivity index (χ0v) is 16.8. The van der Waals surface area contributed by atoms with E-state index >= 15 is 0 Å². The Morgan fingerprint density at radius 1 is 1.17 bits per heavy atom. The van der Waals surface area contributed by atoms with Gasteiger partial charge in [0.05, 0.1) is 11.1 Å². The van der Waals surface area contributed by atoms with E-state index in [0.717, 1.165) is 0 Å². The number of carbonyl (C=O) groups excluding carboxylic acids is 1. The van der Waals surface area contributed by atoms with E-state index in [0.29, 0.717) is 48.0 Å². The maximum absolute atomic E-state index is 13.4. The minimum atomic E-state index is -0.776. The van der Waals surface area contributed by atoms with E-state index in [9.17, 15) is 14.3 Å². The molecule has 1 amide bonds. The number of carbonyl (C=O) groups is 1. The largest absolute Gasteiger partial charge is 0.488 e. The monoisotopic (exact) mass is 430 g/mol. The molecule has 2 aromatic carbocycles. The fraction of sp³-hybridized carbons (Fsp3) is 0.273. The Morgan fingerprint density at radius 3 is 2.77 bits per heavy atom. The Hall–Kier alpha value is -2.90. The molecule has 0 bridgehead atoms. The van der Waals surface area contributed by atoms with Crippen molar-refractivity contribution in [1.29, 1.82) is 0 Å². The van der Waals surface area contributed by atoms with E-state index in [2.05, 4.69) is 5.16 Å². The van der Waals surface area contributed by atoms with Crippen LogP contribution in [0.2, 0.25) is 5.02 Å². The number of aliphatic hydroxyl groups excluding tert-OH is 1. The Morgan fingerprint density at radius 2 is 1.97 bits per heavy atom. The van der Waals surface area contributed by atoms with Gasteiger partial charge in [0.15, 0.2) is 11.5 Å². The van der Waals surface area contributed by atoms with E-state index in [4.69, 9.17) is 20.9 Å². The lowest BCUT2D eigenvalue weighted by atomic mass is 10.1. The van der Waals surface area contributed by atoms with Crippen LogP contribution in [0.5, 0.6) is 5.75 Å². The summed E-state index contributed by atoms with van der Waals surface area (Å²) < 4.78 is 24.5. The Labute approximate surface area is 177 Å². The van der Waals surface area contributed by atoms with Crippen LogP contribution in [0.1, 0.15) is 23.3 Å². The maximum Gasteiger partial charge on any atom is 0.276 e. The number of rotatable bonds is 4. The van der Waals surface area contributed by atoms with E-state index in [1.54, 1.807) is 41.3 Å². The Balaban J connectivity index is 1.44. The van der Waals surface area contributed by atoms with E-state index < -0.39 is 18.0 Å². The molecule has 1 aliphatic heterocycles. The maximum atomic E-state index is 13.4. The second kappa shape index (κ2) is 8.85. The number of nitrogens with zero attached hydrogens (tertiary/aromatic N) is 2. The van der Waals surface area contributed by atoms with Gasteiger partial charge in [-0.3, -0.25) is 4.79 Å². The Bertz CT molecular complexity index is 1040. The molecular weight excluding hydrogens is 411 g/mol. The van der Waals surface area contributed by atoms with Gasteiger partial charge in [0.1, 0.15) is 17.7 Å². The SMILES string of the molecule is O=C(c1cc(-c2ccccc2Cl)on1)N1CC[C@H](Oc2cccc(F)c2)[C@@H](O)CC1. The first-order valence-electron chi connectivity index (χ1n) is 9.62. The van der Waals surface area contributed by atoms with Crippen LogP contribution in [-0.2, 0) is 0 Å². The summed E-state index contributed by atoms with van der Waals surface area (Å²) in [6.07, 6.45) is -0.581. The first-order valence-corrected chi connectivity index (χ1v) is 10.0. The molecule has 156 valence electrons. The van der Waals surface area contributed by atoms with Crippen LogP contribution >= 0.6 is 11.6 Å². The number of hydrogen-bond donors (Lipinski definition) is 1. The number of aromatic nitrogens is 1. The fourth-order valence-electron chi connectivity index (χ4n) is 3.44. The summed E-state index contributed by atoms with van der Waals surface area (Å²) in [7, 11) is 0. The molecule has 1 N–H and O–H groups in total. The van der Waals surface area contributed by atoms with Crippen LogP contribution in [0.4, 0.5) is 4.39 Å². The predicted octanol–water partition coefficient (Wildman–Crippen LogP) is 4.18. The first kappa shape index (κ1) is 20.4. The third kappa shape index (κ3) is 4.47. The van der Waals surface area contributed by atoms with Gasteiger partial charge < -0.3 is 19.3 Å². The molecule has 0 aliphatic carbocycles. The number of amides is 1. The minimum Gasteiger partial charge on any atom is -0.488 e. The van der Waals surface area contributed by atoms with Gasteiger partial charge in [-0.1, -0.05) is 35.0 Å². The van der Waals surface area contributed by atoms with Gasteiger partial charge in [0.25, 0.3) is 5.91 Å². The van der Waals surface area contributed by atoms with Crippen molar-refractivity contribution in [2.75, 3.05) is 13.1 Å². The molecule has 0 radical (unpaired) electrons. The number of aliphatic hydroxyl groups is 1. The molecule has 2 atom stereocenters. The highest BCUT2D eigenvalue weighted by Crippen LogP contribution is 2.28. The molecule has 4 rings (SSSR count). The molecule has 1 saturated heterocycles. The number of halogens is 2. The standard InChI is InChI=1S/C22H20ClFN2O4/c23-17-7-2-1-6-16(17)21-13-18(25-30-21)22(28)26-10-8-19(27)20(9-11-26)29-15-5-3-4-14(24)12-15/h1-7,12-13,19-20,27H,8-11H2/t19-,20-/m0/s1. The van der Waals surface area contributed by atoms with Crippen LogP contribution in [-0.4, -0.2) is 46.4 Å². The van der Waals surface area contributed by atoms with Gasteiger partial charge in [-0.25, -0.2) is 4.39 Å². The smallest absolute Gasteiger partial charge is 0.276 e. The molecule has 2 heterocycles. The predicted molar refractivity (Wildman–Crippen MR) is 109 cm³/mol. The van der Waals surface area contributed by atoms with Crippen molar-refractivity contribution in [3.63, 3.8) is 0 Å². The number of benzene rings is 2. The van der Waals surface area contributed by atoms with Gasteiger partial charge in [-0.15, -0.1) is 0 Å². The first-order chi connectivity index (χ1) is 14.5. The highest BCUT2D eigenvalue weighted by molar-refractivity contribution is 6.33. The summed E-state index contributed by atoms with van der Waals surface area (Å²) in [5.74, 6) is 0.0502. The van der Waals surface area contributed by atoms with E-state index in [-0.39, 0.29) is 11.6 Å². The molecule has 0 spiro atoms. The highest BCUT2D eigenvalue weighted by atomic mass is 35.5. The average molecular weight is 431 g/mol. The summed E-state index contributed by atoms with van der Waals surface area (Å²) in [4.78, 5) is 14.5. The lowest BCUT2D eigenvalue weighted by Gasteiger charge is -2.21. The van der Waals surface area contributed by atoms with Gasteiger partial charge in [-0.05, 0) is 30.7 Å². The number of ether oxygens (including phenoxy) is 1. The highest BCUT2D eigenvalue weighted by Gasteiger charge is 2.30. The number of hydrogen-bond acceptors (Lipinski definition) is 5. The van der Waals surface area contributed by atoms with Crippen LogP contribution in [0.15, 0.2) is 59.1 Å². The molecular formula is C22H20ClFN2O4. The van der Waals surface area contributed by atoms with Crippen LogP contribution in [0.25, 0.3) is 11.3 Å². The molecule has 30 heavy (non-hydrogen) atoms. The topological polar surface area (TPSA) is 75.8 Å². The molecule has 6 nitrogen and oxygen atoms in total. The van der Waals surface area contributed by atoms with Crippen LogP contribution in [0, 0.1) is 5.82 Å². The van der Waals surface area contributed by atoms with Crippen molar-refractivity contribution in [2.24, 2.45) is 0 Å². The summed E-state index contributed by atoms with van der Waals surface area (Å²) in [6, 6.07) is 14.5. The van der Waals surface area contributed by atoms with Crippen molar-refractivity contribution < 1.29 is 23.6 Å². The summed E-state index contributed by atoms with van der Waals surface area (Å²) in [5.41, 5.74) is 0.824. The Kier molecular flexibility index (Phi) is 6.01. The quantitative estimate of drug-likeness (QED) is 0.672. The molecule has 1 fully saturated rings. The minimum absolute atomic E-state index is 0.170. The van der Waals surface area contributed by atoms with E-state index in [1.165, 1.54) is 12.1 Å². The van der Waals surface area contributed by atoms with Gasteiger partial charge in [0.2, 0.25) is 0 Å². The molecule has 1 aliphatic rings. The van der Waals surface area contributed by atoms with Crippen molar-refractivity contribution in [3.8, 4) is 17.1 Å². The molecule has 1 aromatic heterocycles. The zero-order valence-electron chi connectivity index (χ0n) is 16.0. The second-order valence-electron chi connectivity index (χ2n) is 7.11. The third-order valence-corrected chi connectivity index (χ3v) is 5.38. The van der Waals surface area contributed by atoms with Crippen LogP contribution < -0.4 is 4.74 Å². The second-order valence-corrected chi connectivity index (χ2v) is 7.51. The number of likely N-dealkylation sites (tertiary alicyclic amines) is 1. The lowest BCUT2D eigenvalue weighted by molar-refractivity contribution is 0.0348. The average Bonchev–Trinajstić information content (AvgIpc) is 3.15. The summed E-state index contributed by atoms with van der Waals surface area (Å²) >= 11 is 6.18. The normalized spacial score (nSPS) is 19.4. The van der Waals surface area contributed by atoms with Crippen molar-refractivity contribution >= 4 is 17.5 Å². The third-order valence-electron chi connectivity index (χ3n) is 5.05. The molecule has 0 saturated carbocycles. The van der Waals surface area contributed by atoms with Crippen molar-refractivity contribution in [3.05, 3.63) is 71.1 Å².